The minimum absolute atomic E-state index is 0.0758. The number of carbonyl (C=O) groups excluding carboxylic acids is 2. The van der Waals surface area contributed by atoms with E-state index in [1.165, 1.54) is 12.1 Å². The summed E-state index contributed by atoms with van der Waals surface area (Å²) < 4.78 is 13.2. The second-order valence-electron chi connectivity index (χ2n) is 3.05. The van der Waals surface area contributed by atoms with Crippen molar-refractivity contribution in [3.63, 3.8) is 0 Å². The third kappa shape index (κ3) is 3.29. The molecule has 6 heteroatoms. The number of carbonyl (C=O) groups is 2. The molecule has 86 valence electrons. The van der Waals surface area contributed by atoms with Crippen LogP contribution in [0.15, 0.2) is 18.2 Å². The predicted molar refractivity (Wildman–Crippen MR) is 57.3 cm³/mol. The fraction of sp³-hybridized carbons (Fsp3) is 0.200. The third-order valence-electron chi connectivity index (χ3n) is 1.89. The van der Waals surface area contributed by atoms with Crippen molar-refractivity contribution in [1.29, 1.82) is 0 Å². The molecule has 0 saturated heterocycles. The highest BCUT2D eigenvalue weighted by Crippen LogP contribution is 2.14. The van der Waals surface area contributed by atoms with E-state index in [-0.39, 0.29) is 23.7 Å². The number of Topliss-reactive ketones (excluding diaryl/α,β-unsaturated/α-hetero) is 1. The molecule has 0 unspecified atom stereocenters. The Bertz CT molecular complexity index is 423. The first-order valence-corrected chi connectivity index (χ1v) is 4.87. The Labute approximate surface area is 96.6 Å². The highest BCUT2D eigenvalue weighted by molar-refractivity contribution is 6.36. The van der Waals surface area contributed by atoms with Gasteiger partial charge in [0.2, 0.25) is 5.78 Å². The largest absolute Gasteiger partial charge is 0.345 e. The summed E-state index contributed by atoms with van der Waals surface area (Å²) >= 11 is 5.55. The van der Waals surface area contributed by atoms with Gasteiger partial charge in [-0.2, -0.15) is 0 Å². The molecule has 0 atom stereocenters. The molecule has 0 fully saturated rings. The molecular formula is C10H10ClFN2O2. The highest BCUT2D eigenvalue weighted by atomic mass is 35.5. The van der Waals surface area contributed by atoms with Crippen LogP contribution < -0.4 is 11.1 Å². The lowest BCUT2D eigenvalue weighted by Gasteiger charge is -2.05. The molecule has 3 N–H and O–H groups in total. The van der Waals surface area contributed by atoms with E-state index in [9.17, 15) is 14.0 Å². The van der Waals surface area contributed by atoms with Crippen LogP contribution >= 0.6 is 11.6 Å². The summed E-state index contributed by atoms with van der Waals surface area (Å²) in [4.78, 5) is 21.9. The van der Waals surface area contributed by atoms with Crippen LogP contribution in [0.2, 0.25) is 5.02 Å². The van der Waals surface area contributed by atoms with Gasteiger partial charge in [0.05, 0.1) is 6.54 Å². The van der Waals surface area contributed by atoms with Crippen LogP contribution in [0.4, 0.5) is 4.39 Å². The first kappa shape index (κ1) is 12.6. The molecule has 1 rings (SSSR count). The van der Waals surface area contributed by atoms with E-state index < -0.39 is 17.5 Å². The molecular weight excluding hydrogens is 235 g/mol. The van der Waals surface area contributed by atoms with E-state index in [0.29, 0.717) is 0 Å². The van der Waals surface area contributed by atoms with Gasteiger partial charge in [0, 0.05) is 17.1 Å². The molecule has 1 amide bonds. The van der Waals surface area contributed by atoms with Gasteiger partial charge in [-0.15, -0.1) is 0 Å². The van der Waals surface area contributed by atoms with Crippen molar-refractivity contribution in [1.82, 2.24) is 5.32 Å². The molecule has 0 spiro atoms. The maximum Gasteiger partial charge on any atom is 0.289 e. The van der Waals surface area contributed by atoms with Gasteiger partial charge in [-0.3, -0.25) is 9.59 Å². The molecule has 1 aromatic rings. The number of nitrogens with two attached hydrogens (primary N) is 1. The van der Waals surface area contributed by atoms with Crippen LogP contribution in [-0.4, -0.2) is 18.2 Å². The van der Waals surface area contributed by atoms with Crippen LogP contribution in [0.25, 0.3) is 0 Å². The quantitative estimate of drug-likeness (QED) is 0.763. The van der Waals surface area contributed by atoms with Crippen LogP contribution in [0, 0.1) is 5.82 Å². The first-order valence-electron chi connectivity index (χ1n) is 4.49. The fourth-order valence-corrected chi connectivity index (χ4v) is 1.19. The van der Waals surface area contributed by atoms with E-state index >= 15 is 0 Å². The second-order valence-corrected chi connectivity index (χ2v) is 3.48. The number of nitrogens with one attached hydrogen (secondary N) is 1. The monoisotopic (exact) mass is 244 g/mol. The molecule has 0 bridgehead atoms. The Kier molecular flexibility index (Phi) is 4.39. The van der Waals surface area contributed by atoms with Gasteiger partial charge in [-0.05, 0) is 12.1 Å². The van der Waals surface area contributed by atoms with Crippen molar-refractivity contribution < 1.29 is 14.0 Å². The normalized spacial score (nSPS) is 9.94. The summed E-state index contributed by atoms with van der Waals surface area (Å²) in [6.07, 6.45) is 0. The first-order chi connectivity index (χ1) is 7.54. The predicted octanol–water partition coefficient (Wildman–Crippen LogP) is 0.623. The van der Waals surface area contributed by atoms with E-state index in [1.807, 2.05) is 0 Å². The molecule has 0 aliphatic rings. The lowest BCUT2D eigenvalue weighted by atomic mass is 10.2. The molecule has 16 heavy (non-hydrogen) atoms. The molecule has 0 heterocycles. The smallest absolute Gasteiger partial charge is 0.289 e. The zero-order chi connectivity index (χ0) is 12.1. The van der Waals surface area contributed by atoms with Gasteiger partial charge in [0.15, 0.2) is 0 Å². The molecule has 0 radical (unpaired) electrons. The maximum atomic E-state index is 13.2. The van der Waals surface area contributed by atoms with Gasteiger partial charge in [0.25, 0.3) is 5.91 Å². The summed E-state index contributed by atoms with van der Waals surface area (Å²) in [6, 6.07) is 4.07. The number of amides is 1. The summed E-state index contributed by atoms with van der Waals surface area (Å²) in [7, 11) is 0. The average Bonchev–Trinajstić information content (AvgIpc) is 2.26. The average molecular weight is 245 g/mol. The summed E-state index contributed by atoms with van der Waals surface area (Å²) in [6.45, 7) is -0.442. The minimum Gasteiger partial charge on any atom is -0.345 e. The molecule has 0 saturated carbocycles. The molecule has 0 aliphatic heterocycles. The highest BCUT2D eigenvalue weighted by Gasteiger charge is 2.11. The molecule has 0 aliphatic carbocycles. The summed E-state index contributed by atoms with van der Waals surface area (Å²) in [5, 5.41) is 2.53. The number of halogens is 2. The van der Waals surface area contributed by atoms with Crippen molar-refractivity contribution in [2.75, 3.05) is 6.54 Å². The number of hydrogen-bond donors (Lipinski definition) is 2. The van der Waals surface area contributed by atoms with Gasteiger partial charge in [-0.1, -0.05) is 17.7 Å². The van der Waals surface area contributed by atoms with Crippen LogP contribution in [0.3, 0.4) is 0 Å². The summed E-state index contributed by atoms with van der Waals surface area (Å²) in [5.41, 5.74) is 5.24. The van der Waals surface area contributed by atoms with Gasteiger partial charge in [-0.25, -0.2) is 4.39 Å². The van der Waals surface area contributed by atoms with Crippen molar-refractivity contribution in [3.05, 3.63) is 34.6 Å². The Hall–Kier alpha value is -1.46. The van der Waals surface area contributed by atoms with Crippen molar-refractivity contribution in [2.45, 2.75) is 6.54 Å². The standard InChI is InChI=1S/C10H10ClFN2O2/c11-7-2-1-6(8(12)3-7)5-14-10(16)9(15)4-13/h1-3H,4-5,13H2,(H,14,16). The number of hydrogen-bond acceptors (Lipinski definition) is 3. The van der Waals surface area contributed by atoms with Crippen LogP contribution in [-0.2, 0) is 16.1 Å². The summed E-state index contributed by atoms with van der Waals surface area (Å²) in [5.74, 6) is -2.10. The number of ketones is 1. The van der Waals surface area contributed by atoms with E-state index in [2.05, 4.69) is 5.32 Å². The van der Waals surface area contributed by atoms with E-state index in [1.54, 1.807) is 0 Å². The number of benzene rings is 1. The zero-order valence-corrected chi connectivity index (χ0v) is 9.05. The maximum absolute atomic E-state index is 13.2. The number of rotatable bonds is 4. The molecule has 1 aromatic carbocycles. The Morgan fingerprint density at radius 3 is 2.69 bits per heavy atom. The van der Waals surface area contributed by atoms with Gasteiger partial charge >= 0.3 is 0 Å². The van der Waals surface area contributed by atoms with Gasteiger partial charge < -0.3 is 11.1 Å². The van der Waals surface area contributed by atoms with E-state index in [4.69, 9.17) is 17.3 Å². The minimum atomic E-state index is -0.822. The second kappa shape index (κ2) is 5.58. The third-order valence-corrected chi connectivity index (χ3v) is 2.13. The topological polar surface area (TPSA) is 72.2 Å². The van der Waals surface area contributed by atoms with Crippen molar-refractivity contribution >= 4 is 23.3 Å². The lowest BCUT2D eigenvalue weighted by molar-refractivity contribution is -0.137. The van der Waals surface area contributed by atoms with Crippen LogP contribution in [0.5, 0.6) is 0 Å². The van der Waals surface area contributed by atoms with Gasteiger partial charge in [0.1, 0.15) is 5.82 Å². The molecule has 0 aromatic heterocycles. The van der Waals surface area contributed by atoms with E-state index in [0.717, 1.165) is 6.07 Å². The Morgan fingerprint density at radius 2 is 2.12 bits per heavy atom. The lowest BCUT2D eigenvalue weighted by Crippen LogP contribution is -2.34. The Balaban J connectivity index is 2.61. The fourth-order valence-electron chi connectivity index (χ4n) is 1.03. The van der Waals surface area contributed by atoms with Crippen molar-refractivity contribution in [3.8, 4) is 0 Å². The Morgan fingerprint density at radius 1 is 1.44 bits per heavy atom. The van der Waals surface area contributed by atoms with Crippen molar-refractivity contribution in [2.24, 2.45) is 5.73 Å². The zero-order valence-electron chi connectivity index (χ0n) is 8.30. The SMILES string of the molecule is NCC(=O)C(=O)NCc1ccc(Cl)cc1F. The molecule has 4 nitrogen and oxygen atoms in total. The van der Waals surface area contributed by atoms with Crippen LogP contribution in [0.1, 0.15) is 5.56 Å².